The van der Waals surface area contributed by atoms with Gasteiger partial charge in [-0.15, -0.1) is 11.8 Å². The van der Waals surface area contributed by atoms with Gasteiger partial charge in [-0.05, 0) is 29.9 Å². The van der Waals surface area contributed by atoms with Crippen LogP contribution in [0.2, 0.25) is 0 Å². The van der Waals surface area contributed by atoms with Crippen LogP contribution < -0.4 is 5.32 Å². The van der Waals surface area contributed by atoms with Crippen molar-refractivity contribution in [2.24, 2.45) is 0 Å². The highest BCUT2D eigenvalue weighted by atomic mass is 32.2. The highest BCUT2D eigenvalue weighted by Crippen LogP contribution is 2.37. The molecule has 3 atom stereocenters. The summed E-state index contributed by atoms with van der Waals surface area (Å²) in [6, 6.07) is 7.51. The van der Waals surface area contributed by atoms with E-state index in [1.807, 2.05) is 12.1 Å². The molecule has 3 rings (SSSR count). The molecule has 0 amide bonds. The maximum absolute atomic E-state index is 12.4. The van der Waals surface area contributed by atoms with E-state index < -0.39 is 17.3 Å². The molecule has 4 nitrogen and oxygen atoms in total. The van der Waals surface area contributed by atoms with Crippen molar-refractivity contribution in [1.29, 1.82) is 0 Å². The summed E-state index contributed by atoms with van der Waals surface area (Å²) in [7, 11) is 0. The lowest BCUT2D eigenvalue weighted by Gasteiger charge is -2.16. The molecule has 0 radical (unpaired) electrons. The molecular formula is C15H17NO3S. The molecule has 0 spiro atoms. The molecule has 0 bridgehead atoms. The summed E-state index contributed by atoms with van der Waals surface area (Å²) in [5.74, 6) is -0.0714. The maximum atomic E-state index is 12.4. The van der Waals surface area contributed by atoms with E-state index in [9.17, 15) is 9.59 Å². The Morgan fingerprint density at radius 2 is 2.15 bits per heavy atom. The minimum atomic E-state index is -0.930. The fourth-order valence-corrected chi connectivity index (χ4v) is 4.29. The summed E-state index contributed by atoms with van der Waals surface area (Å²) >= 11 is 1.41. The molecule has 1 heterocycles. The molecule has 2 unspecified atom stereocenters. The number of hydrogen-bond acceptors (Lipinski definition) is 4. The van der Waals surface area contributed by atoms with Gasteiger partial charge < -0.3 is 5.11 Å². The minimum Gasteiger partial charge on any atom is -0.480 e. The Morgan fingerprint density at radius 3 is 2.95 bits per heavy atom. The van der Waals surface area contributed by atoms with Crippen molar-refractivity contribution >= 4 is 23.5 Å². The molecule has 1 aliphatic heterocycles. The second kappa shape index (κ2) is 5.58. The average molecular weight is 291 g/mol. The van der Waals surface area contributed by atoms with E-state index in [1.54, 1.807) is 0 Å². The number of carboxylic acid groups (broad SMARTS) is 1. The third kappa shape index (κ3) is 2.47. The molecule has 20 heavy (non-hydrogen) atoms. The number of carbonyl (C=O) groups excluding carboxylic acids is 1. The number of nitrogens with one attached hydrogen (secondary N) is 1. The predicted octanol–water partition coefficient (Wildman–Crippen LogP) is 1.79. The van der Waals surface area contributed by atoms with Crippen LogP contribution >= 0.6 is 11.8 Å². The van der Waals surface area contributed by atoms with Crippen molar-refractivity contribution in [2.45, 2.75) is 36.5 Å². The number of aliphatic carboxylic acids is 1. The highest BCUT2D eigenvalue weighted by molar-refractivity contribution is 8.00. The first-order valence-corrected chi connectivity index (χ1v) is 7.90. The summed E-state index contributed by atoms with van der Waals surface area (Å²) in [5.41, 5.74) is 2.60. The molecule has 1 aromatic carbocycles. The van der Waals surface area contributed by atoms with Crippen LogP contribution in [0.5, 0.6) is 0 Å². The molecular weight excluding hydrogens is 274 g/mol. The van der Waals surface area contributed by atoms with Crippen LogP contribution in [0.3, 0.4) is 0 Å². The van der Waals surface area contributed by atoms with Gasteiger partial charge in [0.2, 0.25) is 0 Å². The quantitative estimate of drug-likeness (QED) is 0.885. The van der Waals surface area contributed by atoms with Gasteiger partial charge in [-0.1, -0.05) is 24.3 Å². The largest absolute Gasteiger partial charge is 0.480 e. The van der Waals surface area contributed by atoms with Gasteiger partial charge in [0.1, 0.15) is 11.8 Å². The summed E-state index contributed by atoms with van der Waals surface area (Å²) in [4.78, 5) is 23.5. The zero-order valence-electron chi connectivity index (χ0n) is 11.0. The van der Waals surface area contributed by atoms with Crippen molar-refractivity contribution in [3.8, 4) is 0 Å². The zero-order chi connectivity index (χ0) is 14.1. The van der Waals surface area contributed by atoms with Gasteiger partial charge in [-0.25, -0.2) is 0 Å². The van der Waals surface area contributed by atoms with Gasteiger partial charge in [-0.2, -0.15) is 0 Å². The summed E-state index contributed by atoms with van der Waals surface area (Å²) in [6.07, 6.45) is 2.47. The molecule has 0 saturated carbocycles. The van der Waals surface area contributed by atoms with Gasteiger partial charge in [-0.3, -0.25) is 14.9 Å². The number of rotatable bonds is 4. The Balaban J connectivity index is 1.70. The van der Waals surface area contributed by atoms with Crippen LogP contribution in [0.25, 0.3) is 0 Å². The number of Topliss-reactive ketones (excluding diaryl/α,β-unsaturated/α-hetero) is 1. The lowest BCUT2D eigenvalue weighted by Crippen LogP contribution is -2.41. The number of hydrogen-bond donors (Lipinski definition) is 2. The second-order valence-corrected chi connectivity index (χ2v) is 6.49. The summed E-state index contributed by atoms with van der Waals surface area (Å²) < 4.78 is 0. The van der Waals surface area contributed by atoms with E-state index in [4.69, 9.17) is 5.11 Å². The van der Waals surface area contributed by atoms with Crippen molar-refractivity contribution in [2.75, 3.05) is 5.88 Å². The monoisotopic (exact) mass is 291 g/mol. The van der Waals surface area contributed by atoms with Gasteiger partial charge in [0, 0.05) is 12.3 Å². The molecule has 0 aromatic heterocycles. The lowest BCUT2D eigenvalue weighted by atomic mass is 9.93. The van der Waals surface area contributed by atoms with Crippen LogP contribution in [0.1, 0.15) is 29.9 Å². The third-order valence-electron chi connectivity index (χ3n) is 4.16. The Morgan fingerprint density at radius 1 is 1.35 bits per heavy atom. The molecule has 1 saturated heterocycles. The first-order chi connectivity index (χ1) is 9.66. The van der Waals surface area contributed by atoms with E-state index in [0.717, 1.165) is 12.8 Å². The predicted molar refractivity (Wildman–Crippen MR) is 77.9 cm³/mol. The Hall–Kier alpha value is -1.33. The van der Waals surface area contributed by atoms with Gasteiger partial charge in [0.15, 0.2) is 0 Å². The number of fused-ring (bicyclic) bond motifs is 1. The van der Waals surface area contributed by atoms with Crippen LogP contribution in [0.15, 0.2) is 24.3 Å². The maximum Gasteiger partial charge on any atom is 0.322 e. The van der Waals surface area contributed by atoms with Crippen molar-refractivity contribution in [3.63, 3.8) is 0 Å². The number of carbonyl (C=O) groups is 2. The fraction of sp³-hybridized carbons (Fsp3) is 0.467. The number of thioether (sulfide) groups is 1. The minimum absolute atomic E-state index is 0.0640. The molecule has 2 aliphatic rings. The van der Waals surface area contributed by atoms with Crippen LogP contribution in [-0.4, -0.2) is 34.0 Å². The lowest BCUT2D eigenvalue weighted by molar-refractivity contribution is -0.140. The van der Waals surface area contributed by atoms with Crippen molar-refractivity contribution < 1.29 is 14.7 Å². The Kier molecular flexibility index (Phi) is 3.81. The SMILES string of the molecule is O=C(CC1CCc2ccccc21)C1SCN[C@@H]1C(=O)O. The summed E-state index contributed by atoms with van der Waals surface area (Å²) in [5, 5.41) is 11.6. The summed E-state index contributed by atoms with van der Waals surface area (Å²) in [6.45, 7) is 0. The number of benzene rings is 1. The van der Waals surface area contributed by atoms with E-state index in [-0.39, 0.29) is 11.7 Å². The Labute approximate surface area is 121 Å². The highest BCUT2D eigenvalue weighted by Gasteiger charge is 2.39. The van der Waals surface area contributed by atoms with Crippen molar-refractivity contribution in [3.05, 3.63) is 35.4 Å². The van der Waals surface area contributed by atoms with E-state index in [1.165, 1.54) is 22.9 Å². The van der Waals surface area contributed by atoms with E-state index in [2.05, 4.69) is 17.4 Å². The number of ketones is 1. The molecule has 2 N–H and O–H groups in total. The normalized spacial score (nSPS) is 28.3. The average Bonchev–Trinajstić information content (AvgIpc) is 3.06. The van der Waals surface area contributed by atoms with E-state index >= 15 is 0 Å². The first kappa shape index (κ1) is 13.6. The van der Waals surface area contributed by atoms with Gasteiger partial charge in [0.05, 0.1) is 5.25 Å². The Bertz CT molecular complexity index is 546. The van der Waals surface area contributed by atoms with Crippen LogP contribution in [0.4, 0.5) is 0 Å². The molecule has 1 aliphatic carbocycles. The van der Waals surface area contributed by atoms with Crippen LogP contribution in [0, 0.1) is 0 Å². The molecule has 106 valence electrons. The topological polar surface area (TPSA) is 66.4 Å². The van der Waals surface area contributed by atoms with Gasteiger partial charge in [0.25, 0.3) is 0 Å². The zero-order valence-corrected chi connectivity index (χ0v) is 11.9. The number of aryl methyl sites for hydroxylation is 1. The fourth-order valence-electron chi connectivity index (χ4n) is 3.14. The van der Waals surface area contributed by atoms with E-state index in [0.29, 0.717) is 12.3 Å². The van der Waals surface area contributed by atoms with Gasteiger partial charge >= 0.3 is 5.97 Å². The molecule has 5 heteroatoms. The third-order valence-corrected chi connectivity index (χ3v) is 5.38. The second-order valence-electron chi connectivity index (χ2n) is 5.36. The standard InChI is InChI=1S/C15H17NO3S/c17-12(14-13(15(18)19)16-8-20-14)7-10-6-5-9-3-1-2-4-11(9)10/h1-4,10,13-14,16H,5-8H2,(H,18,19)/t10?,13-,14?/m0/s1. The number of carboxylic acids is 1. The van der Waals surface area contributed by atoms with Crippen LogP contribution in [-0.2, 0) is 16.0 Å². The molecule has 1 fully saturated rings. The smallest absolute Gasteiger partial charge is 0.322 e. The first-order valence-electron chi connectivity index (χ1n) is 6.85. The molecule has 1 aromatic rings. The van der Waals surface area contributed by atoms with Crippen molar-refractivity contribution in [1.82, 2.24) is 5.32 Å².